The van der Waals surface area contributed by atoms with Gasteiger partial charge in [0.2, 0.25) is 11.8 Å². The van der Waals surface area contributed by atoms with Crippen molar-refractivity contribution < 1.29 is 19.4 Å². The normalized spacial score (nSPS) is 16.4. The van der Waals surface area contributed by atoms with Crippen molar-refractivity contribution in [3.63, 3.8) is 0 Å². The fraction of sp³-hybridized carbons (Fsp3) is 0.270. The van der Waals surface area contributed by atoms with E-state index >= 15 is 0 Å². The number of aliphatic carboxylic acids is 1. The van der Waals surface area contributed by atoms with E-state index in [0.717, 1.165) is 28.7 Å². The van der Waals surface area contributed by atoms with E-state index in [2.05, 4.69) is 20.9 Å². The second-order valence-corrected chi connectivity index (χ2v) is 13.4. The molecule has 1 aliphatic carbocycles. The summed E-state index contributed by atoms with van der Waals surface area (Å²) in [5.74, 6) is -0.421. The zero-order valence-electron chi connectivity index (χ0n) is 27.1. The van der Waals surface area contributed by atoms with E-state index in [1.54, 1.807) is 12.4 Å². The molecule has 0 radical (unpaired) electrons. The fourth-order valence-corrected chi connectivity index (χ4v) is 6.96. The lowest BCUT2D eigenvalue weighted by Crippen LogP contribution is -2.38. The Hall–Kier alpha value is -4.81. The van der Waals surface area contributed by atoms with Crippen LogP contribution < -0.4 is 26.2 Å². The van der Waals surface area contributed by atoms with E-state index in [1.165, 1.54) is 11.5 Å². The van der Waals surface area contributed by atoms with Gasteiger partial charge in [-0.2, -0.15) is 0 Å². The molecule has 1 saturated heterocycles. The Labute approximate surface area is 297 Å². The number of pyridine rings is 2. The van der Waals surface area contributed by atoms with Gasteiger partial charge in [-0.05, 0) is 43.0 Å². The minimum atomic E-state index is -0.880. The van der Waals surface area contributed by atoms with Crippen LogP contribution in [0.1, 0.15) is 36.8 Å². The second-order valence-electron chi connectivity index (χ2n) is 12.6. The molecule has 5 aromatic rings. The predicted molar refractivity (Wildman–Crippen MR) is 191 cm³/mol. The Morgan fingerprint density at radius 2 is 1.72 bits per heavy atom. The van der Waals surface area contributed by atoms with Crippen molar-refractivity contribution >= 4 is 40.7 Å². The molecule has 7 rings (SSSR count). The zero-order chi connectivity index (χ0) is 35.0. The molecule has 0 bridgehead atoms. The number of methoxy groups -OCH3 is 1. The van der Waals surface area contributed by atoms with E-state index in [-0.39, 0.29) is 17.5 Å². The first kappa shape index (κ1) is 33.7. The number of nitrogens with one attached hydrogen (secondary N) is 3. The quantitative estimate of drug-likeness (QED) is 0.132. The Morgan fingerprint density at radius 3 is 2.40 bits per heavy atom. The molecule has 3 aromatic heterocycles. The van der Waals surface area contributed by atoms with Gasteiger partial charge in [0.25, 0.3) is 5.56 Å². The average molecular weight is 714 g/mol. The summed E-state index contributed by atoms with van der Waals surface area (Å²) in [5.41, 5.74) is 4.93. The van der Waals surface area contributed by atoms with Gasteiger partial charge < -0.3 is 20.5 Å². The van der Waals surface area contributed by atoms with Crippen molar-refractivity contribution in [2.24, 2.45) is 0 Å². The van der Waals surface area contributed by atoms with Crippen LogP contribution in [-0.4, -0.2) is 56.6 Å². The summed E-state index contributed by atoms with van der Waals surface area (Å²) in [6.45, 7) is 1.23. The highest BCUT2D eigenvalue weighted by molar-refractivity contribution is 6.39. The number of carboxylic acid groups (broad SMARTS) is 1. The molecule has 0 unspecified atom stereocenters. The third kappa shape index (κ3) is 6.57. The number of carboxylic acids is 1. The molecular formula is C37H34Cl2N6O5. The molecular weight excluding hydrogens is 679 g/mol. The number of aromatic nitrogens is 3. The number of hydrogen-bond acceptors (Lipinski definition) is 8. The molecule has 0 spiro atoms. The smallest absolute Gasteiger partial charge is 0.323 e. The maximum absolute atomic E-state index is 13.2. The third-order valence-corrected chi connectivity index (χ3v) is 10.2. The van der Waals surface area contributed by atoms with Gasteiger partial charge in [-0.25, -0.2) is 9.97 Å². The number of hydrogen-bond donors (Lipinski definition) is 4. The summed E-state index contributed by atoms with van der Waals surface area (Å²) >= 11 is 14.1. The van der Waals surface area contributed by atoms with Gasteiger partial charge >= 0.3 is 5.97 Å². The van der Waals surface area contributed by atoms with Crippen molar-refractivity contribution in [3.8, 4) is 39.4 Å². The average Bonchev–Trinajstić information content (AvgIpc) is 3.81. The minimum Gasteiger partial charge on any atom is -0.481 e. The van der Waals surface area contributed by atoms with Crippen molar-refractivity contribution in [2.45, 2.75) is 50.4 Å². The molecule has 1 saturated carbocycles. The lowest BCUT2D eigenvalue weighted by molar-refractivity contribution is -0.140. The summed E-state index contributed by atoms with van der Waals surface area (Å²) < 4.78 is 7.08. The van der Waals surface area contributed by atoms with Crippen molar-refractivity contribution in [2.75, 3.05) is 13.7 Å². The highest BCUT2D eigenvalue weighted by Crippen LogP contribution is 2.42. The van der Waals surface area contributed by atoms with Crippen molar-refractivity contribution in [1.29, 1.82) is 0 Å². The van der Waals surface area contributed by atoms with Gasteiger partial charge in [-0.3, -0.25) is 24.1 Å². The van der Waals surface area contributed by atoms with E-state index in [1.807, 2.05) is 60.7 Å². The molecule has 2 aliphatic rings. The Balaban J connectivity index is 1.13. The highest BCUT2D eigenvalue weighted by atomic mass is 35.5. The maximum atomic E-state index is 13.2. The summed E-state index contributed by atoms with van der Waals surface area (Å²) in [7, 11) is 1.53. The first-order valence-corrected chi connectivity index (χ1v) is 17.0. The van der Waals surface area contributed by atoms with E-state index < -0.39 is 11.5 Å². The number of carbonyl (C=O) groups excluding carboxylic acids is 1. The predicted octanol–water partition coefficient (Wildman–Crippen LogP) is 5.48. The second kappa shape index (κ2) is 13.8. The number of benzene rings is 2. The van der Waals surface area contributed by atoms with Crippen LogP contribution in [0.25, 0.3) is 39.2 Å². The number of amides is 1. The van der Waals surface area contributed by atoms with E-state index in [4.69, 9.17) is 32.9 Å². The standard InChI is InChI=1S/C37H34Cl2N6O5/c1-50-34-22(19-42-37(13-14-37)36(48)49)8-10-29(44-34)28-7-3-6-27(33(28)39)26-5-2-4-25(32(26)38)21-12-15-45-30(16-21)41-18-23(35(45)47)17-40-20-24-9-11-31(46)43-24/h2-8,10,12,15-16,18,24,40,42H,9,11,13-14,17,19-20H2,1H3,(H,43,46)(H,48,49)/t24-/m0/s1. The largest absolute Gasteiger partial charge is 0.481 e. The van der Waals surface area contributed by atoms with Crippen LogP contribution in [0.3, 0.4) is 0 Å². The number of fused-ring (bicyclic) bond motifs is 1. The topological polar surface area (TPSA) is 147 Å². The summed E-state index contributed by atoms with van der Waals surface area (Å²) in [4.78, 5) is 45.6. The number of carbonyl (C=O) groups is 2. The van der Waals surface area contributed by atoms with E-state index in [9.17, 15) is 19.5 Å². The lowest BCUT2D eigenvalue weighted by Gasteiger charge is -2.16. The fourth-order valence-electron chi connectivity index (χ4n) is 6.30. The van der Waals surface area contributed by atoms with Crippen LogP contribution in [-0.2, 0) is 22.7 Å². The summed E-state index contributed by atoms with van der Waals surface area (Å²) in [6.07, 6.45) is 5.76. The third-order valence-electron chi connectivity index (χ3n) is 9.36. The van der Waals surface area contributed by atoms with Crippen LogP contribution >= 0.6 is 23.2 Å². The Bertz CT molecular complexity index is 2200. The van der Waals surface area contributed by atoms with Crippen molar-refractivity contribution in [1.82, 2.24) is 30.3 Å². The molecule has 1 aliphatic heterocycles. The Kier molecular flexibility index (Phi) is 9.32. The van der Waals surface area contributed by atoms with Gasteiger partial charge in [0, 0.05) is 77.9 Å². The molecule has 1 atom stereocenters. The van der Waals surface area contributed by atoms with Crippen LogP contribution in [0.15, 0.2) is 77.9 Å². The SMILES string of the molecule is COc1nc(-c2cccc(-c3cccc(-c4ccn5c(=O)c(CNC[C@@H]6CCC(=O)N6)cnc5c4)c3Cl)c2Cl)ccc1CNC1(C(=O)O)CC1. The van der Waals surface area contributed by atoms with Gasteiger partial charge in [0.05, 0.1) is 22.8 Å². The maximum Gasteiger partial charge on any atom is 0.323 e. The number of nitrogens with zero attached hydrogens (tertiary/aromatic N) is 3. The lowest BCUT2D eigenvalue weighted by atomic mass is 9.97. The van der Waals surface area contributed by atoms with Crippen LogP contribution in [0, 0.1) is 0 Å². The molecule has 2 aromatic carbocycles. The molecule has 256 valence electrons. The highest BCUT2D eigenvalue weighted by Gasteiger charge is 2.50. The van der Waals surface area contributed by atoms with Gasteiger partial charge in [-0.15, -0.1) is 0 Å². The molecule has 2 fully saturated rings. The number of halogens is 2. The minimum absolute atomic E-state index is 0.0549. The molecule has 4 N–H and O–H groups in total. The van der Waals surface area contributed by atoms with Crippen LogP contribution in [0.4, 0.5) is 0 Å². The van der Waals surface area contributed by atoms with Crippen LogP contribution in [0.5, 0.6) is 5.88 Å². The molecule has 13 heteroatoms. The number of rotatable bonds is 12. The molecule has 1 amide bonds. The first-order chi connectivity index (χ1) is 24.2. The zero-order valence-corrected chi connectivity index (χ0v) is 28.6. The monoisotopic (exact) mass is 712 g/mol. The first-order valence-electron chi connectivity index (χ1n) is 16.3. The summed E-state index contributed by atoms with van der Waals surface area (Å²) in [5, 5.41) is 19.7. The molecule has 11 nitrogen and oxygen atoms in total. The Morgan fingerprint density at radius 1 is 1.00 bits per heavy atom. The molecule has 4 heterocycles. The van der Waals surface area contributed by atoms with E-state index in [0.29, 0.717) is 82.9 Å². The van der Waals surface area contributed by atoms with Gasteiger partial charge in [0.1, 0.15) is 11.2 Å². The van der Waals surface area contributed by atoms with Crippen LogP contribution in [0.2, 0.25) is 10.0 Å². The molecule has 50 heavy (non-hydrogen) atoms. The van der Waals surface area contributed by atoms with Gasteiger partial charge in [-0.1, -0.05) is 65.7 Å². The number of ether oxygens (including phenoxy) is 1. The van der Waals surface area contributed by atoms with Gasteiger partial charge in [0.15, 0.2) is 0 Å². The van der Waals surface area contributed by atoms with Crippen molar-refractivity contribution in [3.05, 3.63) is 105 Å². The summed E-state index contributed by atoms with van der Waals surface area (Å²) in [6, 6.07) is 18.8.